The summed E-state index contributed by atoms with van der Waals surface area (Å²) in [6, 6.07) is 2.01. The molecular weight excluding hydrogens is 208 g/mol. The Morgan fingerprint density at radius 3 is 3.12 bits per heavy atom. The maximum atomic E-state index is 11.4. The maximum absolute atomic E-state index is 11.4. The molecule has 0 unspecified atom stereocenters. The van der Waals surface area contributed by atoms with Crippen LogP contribution in [0.15, 0.2) is 6.20 Å². The van der Waals surface area contributed by atoms with Crippen molar-refractivity contribution in [3.05, 3.63) is 11.9 Å². The first-order valence-corrected chi connectivity index (χ1v) is 4.99. The summed E-state index contributed by atoms with van der Waals surface area (Å²) in [4.78, 5) is 11.4. The number of amides is 1. The molecule has 16 heavy (non-hydrogen) atoms. The third kappa shape index (κ3) is 4.06. The van der Waals surface area contributed by atoms with Gasteiger partial charge in [0.15, 0.2) is 0 Å². The number of rotatable bonds is 6. The summed E-state index contributed by atoms with van der Waals surface area (Å²) in [6.07, 6.45) is 2.74. The van der Waals surface area contributed by atoms with Gasteiger partial charge in [-0.3, -0.25) is 4.79 Å². The van der Waals surface area contributed by atoms with Crippen molar-refractivity contribution in [2.75, 3.05) is 6.54 Å². The largest absolute Gasteiger partial charge is 0.354 e. The molecule has 0 radical (unpaired) electrons. The topological polar surface area (TPSA) is 110 Å². The first kappa shape index (κ1) is 12.1. The lowest BCUT2D eigenvalue weighted by Gasteiger charge is -2.02. The number of nitrogens with one attached hydrogen (secondary N) is 1. The van der Waals surface area contributed by atoms with Crippen molar-refractivity contribution in [2.45, 2.75) is 25.9 Å². The predicted octanol–water partition coefficient (Wildman–Crippen LogP) is -0.843. The molecule has 1 amide bonds. The summed E-state index contributed by atoms with van der Waals surface area (Å²) < 4.78 is 1.43. The molecule has 1 aromatic heterocycles. The lowest BCUT2D eigenvalue weighted by atomic mass is 10.3. The van der Waals surface area contributed by atoms with E-state index < -0.39 is 0 Å². The number of nitrogens with two attached hydrogens (primary N) is 1. The summed E-state index contributed by atoms with van der Waals surface area (Å²) in [7, 11) is 0. The molecule has 0 bridgehead atoms. The van der Waals surface area contributed by atoms with E-state index >= 15 is 0 Å². The van der Waals surface area contributed by atoms with Crippen LogP contribution in [0.2, 0.25) is 0 Å². The quantitative estimate of drug-likeness (QED) is 0.610. The molecule has 7 heteroatoms. The number of hydrogen-bond acceptors (Lipinski definition) is 5. The highest BCUT2D eigenvalue weighted by Gasteiger charge is 2.04. The fourth-order valence-electron chi connectivity index (χ4n) is 1.11. The molecule has 0 fully saturated rings. The van der Waals surface area contributed by atoms with Gasteiger partial charge in [-0.15, -0.1) is 5.10 Å². The van der Waals surface area contributed by atoms with Crippen LogP contribution in [-0.4, -0.2) is 27.4 Å². The van der Waals surface area contributed by atoms with Crippen molar-refractivity contribution in [2.24, 2.45) is 5.73 Å². The van der Waals surface area contributed by atoms with E-state index in [9.17, 15) is 4.79 Å². The molecule has 0 aliphatic carbocycles. The number of nitriles is 1. The number of aromatic nitrogens is 3. The fourth-order valence-corrected chi connectivity index (χ4v) is 1.11. The first-order chi connectivity index (χ1) is 7.76. The summed E-state index contributed by atoms with van der Waals surface area (Å²) in [5.74, 6) is -0.147. The number of carbonyl (C=O) groups is 1. The molecule has 0 atom stereocenters. The molecule has 1 aromatic rings. The molecule has 0 spiro atoms. The molecule has 0 aliphatic heterocycles. The monoisotopic (exact) mass is 222 g/mol. The van der Waals surface area contributed by atoms with Gasteiger partial charge in [0.1, 0.15) is 6.54 Å². The van der Waals surface area contributed by atoms with Crippen molar-refractivity contribution in [3.63, 3.8) is 0 Å². The minimum absolute atomic E-state index is 0.125. The van der Waals surface area contributed by atoms with Crippen LogP contribution in [0.3, 0.4) is 0 Å². The average Bonchev–Trinajstić information content (AvgIpc) is 2.72. The van der Waals surface area contributed by atoms with Gasteiger partial charge in [-0.05, 0) is 6.42 Å². The maximum Gasteiger partial charge on any atom is 0.241 e. The molecule has 0 aliphatic rings. The van der Waals surface area contributed by atoms with Gasteiger partial charge >= 0.3 is 0 Å². The van der Waals surface area contributed by atoms with Gasteiger partial charge in [0.05, 0.1) is 18.0 Å². The normalized spacial score (nSPS) is 9.75. The van der Waals surface area contributed by atoms with Crippen LogP contribution >= 0.6 is 0 Å². The smallest absolute Gasteiger partial charge is 0.241 e. The van der Waals surface area contributed by atoms with Gasteiger partial charge in [-0.25, -0.2) is 4.68 Å². The van der Waals surface area contributed by atoms with E-state index in [1.807, 2.05) is 6.07 Å². The Morgan fingerprint density at radius 1 is 1.69 bits per heavy atom. The SMILES string of the molecule is N#CCCCNC(=O)Cn1cc(CN)nn1. The zero-order valence-electron chi connectivity index (χ0n) is 8.89. The van der Waals surface area contributed by atoms with Crippen LogP contribution in [0, 0.1) is 11.3 Å². The van der Waals surface area contributed by atoms with Crippen LogP contribution in [0.25, 0.3) is 0 Å². The standard InChI is InChI=1S/C9H14N6O/c10-3-1-2-4-12-9(16)7-15-6-8(5-11)13-14-15/h6H,1-2,4-5,7,11H2,(H,12,16). The number of unbranched alkanes of at least 4 members (excludes halogenated alkanes) is 1. The Morgan fingerprint density at radius 2 is 2.50 bits per heavy atom. The van der Waals surface area contributed by atoms with Crippen molar-refractivity contribution in [1.82, 2.24) is 20.3 Å². The summed E-state index contributed by atoms with van der Waals surface area (Å²) in [5.41, 5.74) is 6.01. The average molecular weight is 222 g/mol. The summed E-state index contributed by atoms with van der Waals surface area (Å²) >= 11 is 0. The molecule has 3 N–H and O–H groups in total. The summed E-state index contributed by atoms with van der Waals surface area (Å²) in [5, 5.41) is 18.5. The van der Waals surface area contributed by atoms with Crippen LogP contribution in [0.4, 0.5) is 0 Å². The van der Waals surface area contributed by atoms with E-state index in [1.54, 1.807) is 6.20 Å². The van der Waals surface area contributed by atoms with E-state index in [4.69, 9.17) is 11.0 Å². The Bertz CT molecular complexity index is 380. The van der Waals surface area contributed by atoms with Crippen molar-refractivity contribution < 1.29 is 4.79 Å². The fraction of sp³-hybridized carbons (Fsp3) is 0.556. The highest BCUT2D eigenvalue weighted by atomic mass is 16.2. The molecule has 1 rings (SSSR count). The van der Waals surface area contributed by atoms with Crippen LogP contribution in [0.1, 0.15) is 18.5 Å². The van der Waals surface area contributed by atoms with Crippen LogP contribution in [0.5, 0.6) is 0 Å². The van der Waals surface area contributed by atoms with E-state index in [-0.39, 0.29) is 12.5 Å². The second-order valence-electron chi connectivity index (χ2n) is 3.22. The third-order valence-corrected chi connectivity index (χ3v) is 1.89. The molecule has 0 aromatic carbocycles. The Labute approximate surface area is 93.2 Å². The van der Waals surface area contributed by atoms with Crippen LogP contribution in [-0.2, 0) is 17.9 Å². The highest BCUT2D eigenvalue weighted by molar-refractivity contribution is 5.75. The highest BCUT2D eigenvalue weighted by Crippen LogP contribution is 1.91. The van der Waals surface area contributed by atoms with E-state index in [0.717, 1.165) is 0 Å². The van der Waals surface area contributed by atoms with Gasteiger partial charge < -0.3 is 11.1 Å². The van der Waals surface area contributed by atoms with Crippen LogP contribution < -0.4 is 11.1 Å². The van der Waals surface area contributed by atoms with E-state index in [2.05, 4.69) is 15.6 Å². The molecule has 0 saturated heterocycles. The van der Waals surface area contributed by atoms with E-state index in [0.29, 0.717) is 31.6 Å². The molecule has 7 nitrogen and oxygen atoms in total. The van der Waals surface area contributed by atoms with Gasteiger partial charge in [-0.2, -0.15) is 5.26 Å². The Kier molecular flexibility index (Phi) is 4.95. The minimum Gasteiger partial charge on any atom is -0.354 e. The Hall–Kier alpha value is -1.94. The Balaban J connectivity index is 2.26. The van der Waals surface area contributed by atoms with Gasteiger partial charge in [0, 0.05) is 19.5 Å². The zero-order chi connectivity index (χ0) is 11.8. The number of carbonyl (C=O) groups excluding carboxylic acids is 1. The van der Waals surface area contributed by atoms with Crippen molar-refractivity contribution in [3.8, 4) is 6.07 Å². The first-order valence-electron chi connectivity index (χ1n) is 4.99. The van der Waals surface area contributed by atoms with Gasteiger partial charge in [-0.1, -0.05) is 5.21 Å². The molecule has 86 valence electrons. The second kappa shape index (κ2) is 6.53. The van der Waals surface area contributed by atoms with E-state index in [1.165, 1.54) is 4.68 Å². The number of nitrogens with zero attached hydrogens (tertiary/aromatic N) is 4. The molecule has 1 heterocycles. The van der Waals surface area contributed by atoms with Crippen molar-refractivity contribution >= 4 is 5.91 Å². The molecule has 0 saturated carbocycles. The lowest BCUT2D eigenvalue weighted by molar-refractivity contribution is -0.121. The number of hydrogen-bond donors (Lipinski definition) is 2. The summed E-state index contributed by atoms with van der Waals surface area (Å²) in [6.45, 7) is 0.939. The zero-order valence-corrected chi connectivity index (χ0v) is 8.89. The predicted molar refractivity (Wildman–Crippen MR) is 55.8 cm³/mol. The van der Waals surface area contributed by atoms with Gasteiger partial charge in [0.2, 0.25) is 5.91 Å². The lowest BCUT2D eigenvalue weighted by Crippen LogP contribution is -2.28. The molecular formula is C9H14N6O. The second-order valence-corrected chi connectivity index (χ2v) is 3.22. The van der Waals surface area contributed by atoms with Crippen molar-refractivity contribution in [1.29, 1.82) is 5.26 Å². The van der Waals surface area contributed by atoms with Gasteiger partial charge in [0.25, 0.3) is 0 Å². The third-order valence-electron chi connectivity index (χ3n) is 1.89. The minimum atomic E-state index is -0.147.